The van der Waals surface area contributed by atoms with Gasteiger partial charge >= 0.3 is 0 Å². The molecule has 0 aliphatic carbocycles. The third kappa shape index (κ3) is 8.65. The summed E-state index contributed by atoms with van der Waals surface area (Å²) in [5, 5.41) is 2.86. The summed E-state index contributed by atoms with van der Waals surface area (Å²) < 4.78 is 39.5. The number of nitrogens with zero attached hydrogens (tertiary/aromatic N) is 2. The van der Waals surface area contributed by atoms with E-state index in [1.54, 1.807) is 30.3 Å². The fraction of sp³-hybridized carbons (Fsp3) is 0.462. The van der Waals surface area contributed by atoms with E-state index in [1.165, 1.54) is 21.3 Å². The number of halogens is 1. The minimum atomic E-state index is -3.54. The van der Waals surface area contributed by atoms with Crippen LogP contribution in [0.25, 0.3) is 0 Å². The zero-order valence-corrected chi connectivity index (χ0v) is 21.9. The molecule has 192 valence electrons. The van der Waals surface area contributed by atoms with Gasteiger partial charge in [-0.3, -0.25) is 13.9 Å². The first-order valence-corrected chi connectivity index (χ1v) is 13.7. The average molecular weight is 506 g/mol. The second kappa shape index (κ2) is 12.7. The highest BCUT2D eigenvalue weighted by Crippen LogP contribution is 2.21. The molecule has 0 spiro atoms. The van der Waals surface area contributed by atoms with Crippen LogP contribution in [0.2, 0.25) is 0 Å². The summed E-state index contributed by atoms with van der Waals surface area (Å²) in [5.41, 5.74) is 2.18. The second-order valence-electron chi connectivity index (χ2n) is 9.01. The van der Waals surface area contributed by atoms with Gasteiger partial charge in [0.25, 0.3) is 0 Å². The molecule has 1 atom stereocenters. The molecular formula is C26H36FN3O4S. The van der Waals surface area contributed by atoms with Gasteiger partial charge in [0.2, 0.25) is 21.8 Å². The van der Waals surface area contributed by atoms with Crippen molar-refractivity contribution in [2.24, 2.45) is 0 Å². The minimum absolute atomic E-state index is 0.0600. The predicted molar refractivity (Wildman–Crippen MR) is 137 cm³/mol. The Morgan fingerprint density at radius 2 is 1.74 bits per heavy atom. The van der Waals surface area contributed by atoms with Crippen molar-refractivity contribution >= 4 is 27.5 Å². The van der Waals surface area contributed by atoms with Crippen LogP contribution in [0.3, 0.4) is 0 Å². The number of aryl methyl sites for hydroxylation is 1. The monoisotopic (exact) mass is 505 g/mol. The second-order valence-corrected chi connectivity index (χ2v) is 10.9. The number of rotatable bonds is 12. The number of benzene rings is 2. The van der Waals surface area contributed by atoms with Crippen molar-refractivity contribution in [3.05, 3.63) is 65.5 Å². The molecule has 0 aliphatic heterocycles. The SMILES string of the molecule is CC[C@@H](C(=O)NC(C)C)N(Cc1ccc(F)cc1)C(=O)CCCN(c1cccc(C)c1)S(C)(=O)=O. The van der Waals surface area contributed by atoms with Crippen LogP contribution >= 0.6 is 0 Å². The van der Waals surface area contributed by atoms with Crippen LogP contribution in [0.5, 0.6) is 0 Å². The van der Waals surface area contributed by atoms with Gasteiger partial charge in [-0.2, -0.15) is 0 Å². The fourth-order valence-corrected chi connectivity index (χ4v) is 4.83. The van der Waals surface area contributed by atoms with Gasteiger partial charge in [0.05, 0.1) is 11.9 Å². The van der Waals surface area contributed by atoms with E-state index in [-0.39, 0.29) is 49.6 Å². The van der Waals surface area contributed by atoms with E-state index in [1.807, 2.05) is 33.8 Å². The molecule has 0 heterocycles. The zero-order valence-electron chi connectivity index (χ0n) is 21.1. The molecule has 0 radical (unpaired) electrons. The lowest BCUT2D eigenvalue weighted by Gasteiger charge is -2.31. The third-order valence-electron chi connectivity index (χ3n) is 5.52. The number of hydrogen-bond donors (Lipinski definition) is 1. The van der Waals surface area contributed by atoms with Gasteiger partial charge < -0.3 is 10.2 Å². The highest BCUT2D eigenvalue weighted by atomic mass is 32.2. The van der Waals surface area contributed by atoms with Crippen molar-refractivity contribution < 1.29 is 22.4 Å². The number of hydrogen-bond acceptors (Lipinski definition) is 4. The van der Waals surface area contributed by atoms with Gasteiger partial charge in [0.1, 0.15) is 11.9 Å². The highest BCUT2D eigenvalue weighted by molar-refractivity contribution is 7.92. The van der Waals surface area contributed by atoms with Crippen LogP contribution in [-0.2, 0) is 26.2 Å². The summed E-state index contributed by atoms with van der Waals surface area (Å²) in [4.78, 5) is 27.7. The molecule has 35 heavy (non-hydrogen) atoms. The van der Waals surface area contributed by atoms with Crippen molar-refractivity contribution in [3.8, 4) is 0 Å². The molecule has 1 N–H and O–H groups in total. The van der Waals surface area contributed by atoms with E-state index < -0.39 is 16.1 Å². The summed E-state index contributed by atoms with van der Waals surface area (Å²) in [7, 11) is -3.54. The Hall–Kier alpha value is -2.94. The molecule has 2 amide bonds. The van der Waals surface area contributed by atoms with Crippen LogP contribution < -0.4 is 9.62 Å². The Morgan fingerprint density at radius 1 is 1.09 bits per heavy atom. The number of anilines is 1. The zero-order chi connectivity index (χ0) is 26.2. The number of carbonyl (C=O) groups excluding carboxylic acids is 2. The summed E-state index contributed by atoms with van der Waals surface area (Å²) >= 11 is 0. The Balaban J connectivity index is 2.21. The molecule has 0 bridgehead atoms. The molecule has 9 heteroatoms. The van der Waals surface area contributed by atoms with E-state index >= 15 is 0 Å². The van der Waals surface area contributed by atoms with Crippen LogP contribution in [-0.4, -0.2) is 50.0 Å². The fourth-order valence-electron chi connectivity index (χ4n) is 3.87. The largest absolute Gasteiger partial charge is 0.352 e. The van der Waals surface area contributed by atoms with E-state index in [0.29, 0.717) is 17.7 Å². The van der Waals surface area contributed by atoms with Crippen LogP contribution in [0.4, 0.5) is 10.1 Å². The van der Waals surface area contributed by atoms with Crippen molar-refractivity contribution in [2.45, 2.75) is 65.6 Å². The molecule has 0 unspecified atom stereocenters. The van der Waals surface area contributed by atoms with E-state index in [0.717, 1.165) is 11.8 Å². The first kappa shape index (κ1) is 28.3. The Bertz CT molecular complexity index is 1100. The quantitative estimate of drug-likeness (QED) is 0.472. The number of nitrogens with one attached hydrogen (secondary N) is 1. The molecule has 2 aromatic carbocycles. The Labute approximate surface area is 208 Å². The topological polar surface area (TPSA) is 86.8 Å². The van der Waals surface area contributed by atoms with Gasteiger partial charge in [-0.05, 0) is 69.0 Å². The van der Waals surface area contributed by atoms with Crippen molar-refractivity contribution in [2.75, 3.05) is 17.1 Å². The van der Waals surface area contributed by atoms with E-state index in [4.69, 9.17) is 0 Å². The first-order valence-electron chi connectivity index (χ1n) is 11.8. The number of carbonyl (C=O) groups is 2. The van der Waals surface area contributed by atoms with Crippen LogP contribution in [0.15, 0.2) is 48.5 Å². The Kier molecular flexibility index (Phi) is 10.2. The van der Waals surface area contributed by atoms with Crippen LogP contribution in [0, 0.1) is 12.7 Å². The van der Waals surface area contributed by atoms with Crippen molar-refractivity contribution in [3.63, 3.8) is 0 Å². The molecular weight excluding hydrogens is 469 g/mol. The van der Waals surface area contributed by atoms with Crippen molar-refractivity contribution in [1.82, 2.24) is 10.2 Å². The molecule has 0 fully saturated rings. The summed E-state index contributed by atoms with van der Waals surface area (Å²) in [6.45, 7) is 7.69. The van der Waals surface area contributed by atoms with Gasteiger partial charge in [0, 0.05) is 25.6 Å². The normalized spacial score (nSPS) is 12.3. The summed E-state index contributed by atoms with van der Waals surface area (Å²) in [5.74, 6) is -0.901. The molecule has 2 rings (SSSR count). The van der Waals surface area contributed by atoms with Gasteiger partial charge in [0.15, 0.2) is 0 Å². The van der Waals surface area contributed by atoms with Gasteiger partial charge in [-0.1, -0.05) is 31.2 Å². The lowest BCUT2D eigenvalue weighted by Crippen LogP contribution is -2.50. The standard InChI is InChI=1S/C26H36FN3O4S/c1-6-24(26(32)28-19(2)3)29(18-21-12-14-22(27)15-13-21)25(31)11-8-16-30(35(5,33)34)23-10-7-9-20(4)17-23/h7,9-10,12-15,17,19,24H,6,8,11,16,18H2,1-5H3,(H,28,32)/t24-/m0/s1. The first-order chi connectivity index (χ1) is 16.4. The summed E-state index contributed by atoms with van der Waals surface area (Å²) in [6, 6.07) is 12.2. The van der Waals surface area contributed by atoms with Gasteiger partial charge in [-0.15, -0.1) is 0 Å². The van der Waals surface area contributed by atoms with E-state index in [9.17, 15) is 22.4 Å². The minimum Gasteiger partial charge on any atom is -0.352 e. The average Bonchev–Trinajstić information content (AvgIpc) is 2.76. The predicted octanol–water partition coefficient (Wildman–Crippen LogP) is 4.01. The maximum Gasteiger partial charge on any atom is 0.243 e. The molecule has 2 aromatic rings. The number of sulfonamides is 1. The molecule has 0 aromatic heterocycles. The van der Waals surface area contributed by atoms with E-state index in [2.05, 4.69) is 5.32 Å². The molecule has 0 saturated heterocycles. The lowest BCUT2D eigenvalue weighted by atomic mass is 10.1. The van der Waals surface area contributed by atoms with Crippen LogP contribution in [0.1, 0.15) is 51.2 Å². The Morgan fingerprint density at radius 3 is 2.29 bits per heavy atom. The molecule has 0 saturated carbocycles. The summed E-state index contributed by atoms with van der Waals surface area (Å²) in [6.07, 6.45) is 1.89. The van der Waals surface area contributed by atoms with Gasteiger partial charge in [-0.25, -0.2) is 12.8 Å². The maximum atomic E-state index is 13.4. The van der Waals surface area contributed by atoms with Crippen molar-refractivity contribution in [1.29, 1.82) is 0 Å². The highest BCUT2D eigenvalue weighted by Gasteiger charge is 2.29. The lowest BCUT2D eigenvalue weighted by molar-refractivity contribution is -0.141. The number of amides is 2. The molecule has 7 nitrogen and oxygen atoms in total. The molecule has 0 aliphatic rings. The smallest absolute Gasteiger partial charge is 0.243 e. The third-order valence-corrected chi connectivity index (χ3v) is 6.72. The maximum absolute atomic E-state index is 13.4.